The highest BCUT2D eigenvalue weighted by atomic mass is 16.5. The maximum absolute atomic E-state index is 12.5. The van der Waals surface area contributed by atoms with Gasteiger partial charge in [-0.2, -0.15) is 0 Å². The third-order valence-corrected chi connectivity index (χ3v) is 18.0. The van der Waals surface area contributed by atoms with Gasteiger partial charge in [0.25, 0.3) is 0 Å². The van der Waals surface area contributed by atoms with Crippen LogP contribution in [-0.2, 0) is 14.3 Å². The van der Waals surface area contributed by atoms with Gasteiger partial charge in [0.2, 0.25) is 5.91 Å². The number of hydrogen-bond acceptors (Lipinski definition) is 5. The highest BCUT2D eigenvalue weighted by Gasteiger charge is 2.18. The Balaban J connectivity index is 3.41. The molecule has 0 rings (SSSR count). The number of carbonyl (C=O) groups is 2. The van der Waals surface area contributed by atoms with Crippen LogP contribution < -0.4 is 5.32 Å². The summed E-state index contributed by atoms with van der Waals surface area (Å²) in [5, 5.41) is 23.3. The van der Waals surface area contributed by atoms with Crippen LogP contribution in [0.5, 0.6) is 0 Å². The van der Waals surface area contributed by atoms with Gasteiger partial charge in [-0.1, -0.05) is 370 Å². The van der Waals surface area contributed by atoms with Crippen LogP contribution >= 0.6 is 0 Å². The number of esters is 1. The van der Waals surface area contributed by atoms with Crippen LogP contribution in [-0.4, -0.2) is 47.4 Å². The monoisotopic (exact) mass is 1220 g/mol. The fraction of sp³-hybridized carbons (Fsp3) is 0.852. The first-order valence-electron chi connectivity index (χ1n) is 39.1. The molecule has 2 unspecified atom stereocenters. The minimum absolute atomic E-state index is 0.00000448. The van der Waals surface area contributed by atoms with Crippen LogP contribution in [0, 0.1) is 0 Å². The van der Waals surface area contributed by atoms with Crippen molar-refractivity contribution in [3.05, 3.63) is 60.8 Å². The lowest BCUT2D eigenvalue weighted by Crippen LogP contribution is -2.45. The van der Waals surface area contributed by atoms with E-state index in [4.69, 9.17) is 4.74 Å². The molecule has 0 fully saturated rings. The van der Waals surface area contributed by atoms with Crippen molar-refractivity contribution in [2.75, 3.05) is 13.2 Å². The molecule has 0 heterocycles. The van der Waals surface area contributed by atoms with Crippen molar-refractivity contribution in [2.45, 2.75) is 431 Å². The molecular formula is C81H151NO5. The summed E-state index contributed by atoms with van der Waals surface area (Å²) in [6.45, 7) is 4.90. The molecule has 0 saturated carbocycles. The molecule has 0 radical (unpaired) electrons. The molecule has 1 amide bonds. The predicted molar refractivity (Wildman–Crippen MR) is 384 cm³/mol. The molecule has 0 aliphatic heterocycles. The van der Waals surface area contributed by atoms with Gasteiger partial charge in [-0.25, -0.2) is 0 Å². The third-order valence-electron chi connectivity index (χ3n) is 18.0. The largest absolute Gasteiger partial charge is 0.466 e. The molecule has 0 saturated heterocycles. The Hall–Kier alpha value is -2.44. The molecule has 0 aliphatic carbocycles. The summed E-state index contributed by atoms with van der Waals surface area (Å²) in [5.41, 5.74) is 0. The van der Waals surface area contributed by atoms with Gasteiger partial charge in [0.05, 0.1) is 25.4 Å². The second-order valence-corrected chi connectivity index (χ2v) is 26.7. The van der Waals surface area contributed by atoms with Crippen molar-refractivity contribution < 1.29 is 24.5 Å². The number of rotatable bonds is 73. The zero-order chi connectivity index (χ0) is 62.8. The number of ether oxygens (including phenoxy) is 1. The Kier molecular flexibility index (Phi) is 73.9. The number of allylic oxidation sites excluding steroid dienone is 9. The van der Waals surface area contributed by atoms with Crippen molar-refractivity contribution in [1.29, 1.82) is 0 Å². The zero-order valence-corrected chi connectivity index (χ0v) is 58.5. The fourth-order valence-electron chi connectivity index (χ4n) is 12.1. The molecule has 0 aromatic heterocycles. The SMILES string of the molecule is CCCCC/C=C\C/C=C\CCCCCCCC(=O)OCCCCCCCCCCC/C=C\C/C=C\CCCCCCCCCCCCCCCCCCCC(=O)NC(CO)C(O)/C=C/CCCCCCCCCCCCCCCCCCCCCC. The average molecular weight is 1220 g/mol. The summed E-state index contributed by atoms with van der Waals surface area (Å²) in [6, 6.07) is -0.629. The summed E-state index contributed by atoms with van der Waals surface area (Å²) in [6.07, 6.45) is 102. The smallest absolute Gasteiger partial charge is 0.305 e. The van der Waals surface area contributed by atoms with Gasteiger partial charge in [-0.15, -0.1) is 0 Å². The van der Waals surface area contributed by atoms with E-state index in [1.54, 1.807) is 6.08 Å². The number of hydrogen-bond donors (Lipinski definition) is 3. The van der Waals surface area contributed by atoms with E-state index >= 15 is 0 Å². The number of aliphatic hydroxyl groups excluding tert-OH is 2. The van der Waals surface area contributed by atoms with E-state index < -0.39 is 12.1 Å². The standard InChI is InChI=1S/C81H151NO5/c1-3-5-7-9-11-13-15-17-19-20-21-22-36-39-42-46-49-53-57-61-65-69-73-79(84)78(77-83)82-80(85)74-70-66-62-58-54-50-47-43-40-37-34-32-30-28-26-24-23-25-27-29-31-33-35-38-41-44-48-52-56-60-64-68-72-76-87-81(86)75-71-67-63-59-55-51-45-18-16-14-12-10-8-6-4-2/h12,14,18,27,29,33,35,45,69,73,78-79,83-84H,3-11,13,15-17,19-26,28,30-32,34,36-44,46-68,70-72,74-77H2,1-2H3,(H,82,85)/b14-12-,29-27-,35-33-,45-18-,73-69+. The quantitative estimate of drug-likeness (QED) is 0.0320. The predicted octanol–water partition coefficient (Wildman–Crippen LogP) is 25.8. The van der Waals surface area contributed by atoms with Crippen molar-refractivity contribution >= 4 is 11.9 Å². The lowest BCUT2D eigenvalue weighted by atomic mass is 10.0. The summed E-state index contributed by atoms with van der Waals surface area (Å²) in [7, 11) is 0. The first kappa shape index (κ1) is 84.6. The Morgan fingerprint density at radius 1 is 0.322 bits per heavy atom. The molecule has 0 aliphatic rings. The molecule has 2 atom stereocenters. The molecule has 6 nitrogen and oxygen atoms in total. The topological polar surface area (TPSA) is 95.9 Å². The van der Waals surface area contributed by atoms with E-state index in [0.29, 0.717) is 19.4 Å². The summed E-state index contributed by atoms with van der Waals surface area (Å²) >= 11 is 0. The highest BCUT2D eigenvalue weighted by molar-refractivity contribution is 5.76. The van der Waals surface area contributed by atoms with Crippen LogP contribution in [0.25, 0.3) is 0 Å². The Morgan fingerprint density at radius 2 is 0.575 bits per heavy atom. The lowest BCUT2D eigenvalue weighted by Gasteiger charge is -2.20. The molecule has 87 heavy (non-hydrogen) atoms. The van der Waals surface area contributed by atoms with Gasteiger partial charge in [-0.3, -0.25) is 9.59 Å². The number of nitrogens with one attached hydrogen (secondary N) is 1. The number of carbonyl (C=O) groups excluding carboxylic acids is 2. The van der Waals surface area contributed by atoms with Crippen LogP contribution in [0.15, 0.2) is 60.8 Å². The average Bonchev–Trinajstić information content (AvgIpc) is 3.52. The van der Waals surface area contributed by atoms with Gasteiger partial charge in [-0.05, 0) is 96.3 Å². The van der Waals surface area contributed by atoms with Crippen molar-refractivity contribution in [3.8, 4) is 0 Å². The first-order chi connectivity index (χ1) is 43.0. The molecule has 0 aromatic rings. The third kappa shape index (κ3) is 72.5. The Morgan fingerprint density at radius 3 is 0.897 bits per heavy atom. The number of aliphatic hydroxyl groups is 2. The Labute approximate surface area is 543 Å². The minimum Gasteiger partial charge on any atom is -0.466 e. The molecule has 510 valence electrons. The Bertz CT molecular complexity index is 1500. The highest BCUT2D eigenvalue weighted by Crippen LogP contribution is 2.19. The molecular weight excluding hydrogens is 1070 g/mol. The first-order valence-corrected chi connectivity index (χ1v) is 39.1. The molecule has 0 spiro atoms. The molecule has 0 aromatic carbocycles. The fourth-order valence-corrected chi connectivity index (χ4v) is 12.1. The van der Waals surface area contributed by atoms with Crippen LogP contribution in [0.4, 0.5) is 0 Å². The number of amides is 1. The molecule has 3 N–H and O–H groups in total. The normalized spacial score (nSPS) is 12.8. The van der Waals surface area contributed by atoms with Gasteiger partial charge < -0.3 is 20.3 Å². The van der Waals surface area contributed by atoms with Crippen LogP contribution in [0.2, 0.25) is 0 Å². The maximum atomic E-state index is 12.5. The lowest BCUT2D eigenvalue weighted by molar-refractivity contribution is -0.143. The van der Waals surface area contributed by atoms with Gasteiger partial charge in [0, 0.05) is 12.8 Å². The summed E-state index contributed by atoms with van der Waals surface area (Å²) in [4.78, 5) is 24.6. The second-order valence-electron chi connectivity index (χ2n) is 26.7. The number of unbranched alkanes of at least 4 members (excludes halogenated alkanes) is 54. The second kappa shape index (κ2) is 76.0. The van der Waals surface area contributed by atoms with Crippen molar-refractivity contribution in [2.24, 2.45) is 0 Å². The van der Waals surface area contributed by atoms with E-state index in [-0.39, 0.29) is 18.5 Å². The van der Waals surface area contributed by atoms with Gasteiger partial charge in [0.1, 0.15) is 0 Å². The summed E-state index contributed by atoms with van der Waals surface area (Å²) in [5.74, 6) is -0.0623. The molecule has 6 heteroatoms. The van der Waals surface area contributed by atoms with E-state index in [1.807, 2.05) is 6.08 Å². The van der Waals surface area contributed by atoms with Crippen LogP contribution in [0.1, 0.15) is 418 Å². The van der Waals surface area contributed by atoms with E-state index in [1.165, 1.54) is 334 Å². The van der Waals surface area contributed by atoms with E-state index in [2.05, 4.69) is 67.8 Å². The van der Waals surface area contributed by atoms with Gasteiger partial charge in [0.15, 0.2) is 0 Å². The van der Waals surface area contributed by atoms with Crippen LogP contribution in [0.3, 0.4) is 0 Å². The van der Waals surface area contributed by atoms with E-state index in [9.17, 15) is 19.8 Å². The van der Waals surface area contributed by atoms with Gasteiger partial charge >= 0.3 is 5.97 Å². The van der Waals surface area contributed by atoms with E-state index in [0.717, 1.165) is 57.8 Å². The molecule has 0 bridgehead atoms. The van der Waals surface area contributed by atoms with Crippen molar-refractivity contribution in [1.82, 2.24) is 5.32 Å². The zero-order valence-electron chi connectivity index (χ0n) is 58.5. The maximum Gasteiger partial charge on any atom is 0.305 e. The van der Waals surface area contributed by atoms with Crippen molar-refractivity contribution in [3.63, 3.8) is 0 Å². The minimum atomic E-state index is -0.845. The summed E-state index contributed by atoms with van der Waals surface area (Å²) < 4.78 is 5.48.